The molecule has 24 heavy (non-hydrogen) atoms. The molecule has 0 spiro atoms. The highest BCUT2D eigenvalue weighted by molar-refractivity contribution is 7.10. The van der Waals surface area contributed by atoms with Crippen LogP contribution in [0.25, 0.3) is 0 Å². The van der Waals surface area contributed by atoms with Gasteiger partial charge in [0.25, 0.3) is 0 Å². The summed E-state index contributed by atoms with van der Waals surface area (Å²) in [5, 5.41) is 7.47. The van der Waals surface area contributed by atoms with Gasteiger partial charge in [0.15, 0.2) is 0 Å². The second kappa shape index (κ2) is 7.57. The van der Waals surface area contributed by atoms with Crippen LogP contribution in [0.3, 0.4) is 0 Å². The zero-order chi connectivity index (χ0) is 16.8. The van der Waals surface area contributed by atoms with Crippen LogP contribution in [0.5, 0.6) is 0 Å². The van der Waals surface area contributed by atoms with E-state index >= 15 is 0 Å². The molecule has 2 aromatic rings. The number of pyridine rings is 1. The monoisotopic (exact) mass is 343 g/mol. The maximum Gasteiger partial charge on any atom is 0.313 e. The van der Waals surface area contributed by atoms with Crippen LogP contribution in [0.15, 0.2) is 42.0 Å². The first kappa shape index (κ1) is 16.6. The van der Waals surface area contributed by atoms with Crippen molar-refractivity contribution in [3.8, 4) is 0 Å². The summed E-state index contributed by atoms with van der Waals surface area (Å²) in [7, 11) is 0. The molecule has 3 rings (SSSR count). The van der Waals surface area contributed by atoms with E-state index in [0.717, 1.165) is 25.7 Å². The van der Waals surface area contributed by atoms with Crippen molar-refractivity contribution in [1.29, 1.82) is 0 Å². The molecule has 1 saturated carbocycles. The van der Waals surface area contributed by atoms with Crippen molar-refractivity contribution in [3.63, 3.8) is 0 Å². The number of carbonyl (C=O) groups excluding carboxylic acids is 2. The molecule has 1 aliphatic rings. The number of thiophene rings is 1. The van der Waals surface area contributed by atoms with Gasteiger partial charge in [-0.2, -0.15) is 0 Å². The Kier molecular flexibility index (Phi) is 5.25. The maximum atomic E-state index is 12.2. The molecule has 1 fully saturated rings. The molecule has 2 N–H and O–H groups in total. The summed E-state index contributed by atoms with van der Waals surface area (Å²) in [4.78, 5) is 29.4. The number of hydrogen-bond donors (Lipinski definition) is 2. The fraction of sp³-hybridized carbons (Fsp3) is 0.389. The molecular weight excluding hydrogens is 322 g/mol. The topological polar surface area (TPSA) is 71.1 Å². The molecule has 6 heteroatoms. The first-order chi connectivity index (χ1) is 11.7. The number of amides is 2. The normalized spacial score (nSPS) is 16.3. The van der Waals surface area contributed by atoms with Gasteiger partial charge in [-0.1, -0.05) is 25.3 Å². The summed E-state index contributed by atoms with van der Waals surface area (Å²) in [5.74, 6) is -1.25. The standard InChI is InChI=1S/C18H21N3O2S/c22-16(17(23)21-14-6-4-10-19-12-14)20-13-18(8-2-1-3-9-18)15-7-5-11-24-15/h4-7,10-12H,1-3,8-9,13H2,(H,20,22)(H,21,23). The van der Waals surface area contributed by atoms with Crippen molar-refractivity contribution in [2.75, 3.05) is 11.9 Å². The third-order valence-electron chi connectivity index (χ3n) is 4.57. The van der Waals surface area contributed by atoms with Gasteiger partial charge in [-0.3, -0.25) is 14.6 Å². The Morgan fingerprint density at radius 3 is 2.62 bits per heavy atom. The first-order valence-electron chi connectivity index (χ1n) is 8.23. The van der Waals surface area contributed by atoms with E-state index < -0.39 is 11.8 Å². The number of rotatable bonds is 4. The SMILES string of the molecule is O=C(NCC1(c2cccs2)CCCCC1)C(=O)Nc1cccnc1. The van der Waals surface area contributed by atoms with Crippen LogP contribution < -0.4 is 10.6 Å². The minimum Gasteiger partial charge on any atom is -0.347 e. The fourth-order valence-electron chi connectivity index (χ4n) is 3.27. The molecule has 126 valence electrons. The van der Waals surface area contributed by atoms with E-state index in [-0.39, 0.29) is 5.41 Å². The van der Waals surface area contributed by atoms with Crippen LogP contribution in [0.2, 0.25) is 0 Å². The highest BCUT2D eigenvalue weighted by Gasteiger charge is 2.35. The van der Waals surface area contributed by atoms with Crippen molar-refractivity contribution >= 4 is 28.8 Å². The average molecular weight is 343 g/mol. The lowest BCUT2D eigenvalue weighted by Gasteiger charge is -2.36. The molecule has 2 heterocycles. The second-order valence-corrected chi connectivity index (χ2v) is 7.14. The van der Waals surface area contributed by atoms with Crippen LogP contribution in [0.1, 0.15) is 37.0 Å². The Morgan fingerprint density at radius 2 is 1.96 bits per heavy atom. The lowest BCUT2D eigenvalue weighted by molar-refractivity contribution is -0.136. The van der Waals surface area contributed by atoms with Gasteiger partial charge in [0.2, 0.25) is 0 Å². The minimum atomic E-state index is -0.653. The lowest BCUT2D eigenvalue weighted by atomic mass is 9.73. The second-order valence-electron chi connectivity index (χ2n) is 6.20. The van der Waals surface area contributed by atoms with Crippen LogP contribution in [0.4, 0.5) is 5.69 Å². The molecule has 5 nitrogen and oxygen atoms in total. The predicted molar refractivity (Wildman–Crippen MR) is 95.0 cm³/mol. The number of carbonyl (C=O) groups is 2. The van der Waals surface area contributed by atoms with Crippen LogP contribution in [0, 0.1) is 0 Å². The Hall–Kier alpha value is -2.21. The Bertz CT molecular complexity index is 680. The molecule has 2 amide bonds. The van der Waals surface area contributed by atoms with Crippen LogP contribution in [-0.2, 0) is 15.0 Å². The zero-order valence-corrected chi connectivity index (χ0v) is 14.3. The number of anilines is 1. The van der Waals surface area contributed by atoms with Crippen molar-refractivity contribution in [1.82, 2.24) is 10.3 Å². The van der Waals surface area contributed by atoms with Crippen molar-refractivity contribution in [2.45, 2.75) is 37.5 Å². The summed E-state index contributed by atoms with van der Waals surface area (Å²) in [5.41, 5.74) is 0.486. The summed E-state index contributed by atoms with van der Waals surface area (Å²) < 4.78 is 0. The van der Waals surface area contributed by atoms with Gasteiger partial charge >= 0.3 is 11.8 Å². The van der Waals surface area contributed by atoms with E-state index in [4.69, 9.17) is 0 Å². The summed E-state index contributed by atoms with van der Waals surface area (Å²) in [6, 6.07) is 7.60. The van der Waals surface area contributed by atoms with Crippen molar-refractivity contribution in [3.05, 3.63) is 46.9 Å². The zero-order valence-electron chi connectivity index (χ0n) is 13.5. The Labute approximate surface area is 145 Å². The summed E-state index contributed by atoms with van der Waals surface area (Å²) >= 11 is 1.73. The molecular formula is C18H21N3O2S. The first-order valence-corrected chi connectivity index (χ1v) is 9.11. The molecule has 0 unspecified atom stereocenters. The van der Waals surface area contributed by atoms with E-state index in [0.29, 0.717) is 12.2 Å². The van der Waals surface area contributed by atoms with Gasteiger partial charge < -0.3 is 10.6 Å². The predicted octanol–water partition coefficient (Wildman–Crippen LogP) is 3.10. The van der Waals surface area contributed by atoms with Gasteiger partial charge in [-0.05, 0) is 36.4 Å². The third kappa shape index (κ3) is 3.82. The molecule has 0 aromatic carbocycles. The van der Waals surface area contributed by atoms with Gasteiger partial charge in [0, 0.05) is 23.0 Å². The average Bonchev–Trinajstić information content (AvgIpc) is 3.17. The van der Waals surface area contributed by atoms with E-state index in [1.807, 2.05) is 6.07 Å². The van der Waals surface area contributed by atoms with Crippen molar-refractivity contribution in [2.24, 2.45) is 0 Å². The van der Waals surface area contributed by atoms with Gasteiger partial charge in [0.1, 0.15) is 0 Å². The quantitative estimate of drug-likeness (QED) is 0.838. The summed E-state index contributed by atoms with van der Waals surface area (Å²) in [6.07, 6.45) is 8.80. The minimum absolute atomic E-state index is 0.0311. The molecule has 1 aliphatic carbocycles. The van der Waals surface area contributed by atoms with E-state index in [1.165, 1.54) is 17.5 Å². The van der Waals surface area contributed by atoms with Crippen molar-refractivity contribution < 1.29 is 9.59 Å². The smallest absolute Gasteiger partial charge is 0.313 e. The fourth-order valence-corrected chi connectivity index (χ4v) is 4.26. The van der Waals surface area contributed by atoms with E-state index in [9.17, 15) is 9.59 Å². The summed E-state index contributed by atoms with van der Waals surface area (Å²) in [6.45, 7) is 0.507. The van der Waals surface area contributed by atoms with Gasteiger partial charge in [-0.25, -0.2) is 0 Å². The van der Waals surface area contributed by atoms with Gasteiger partial charge in [0.05, 0.1) is 11.9 Å². The van der Waals surface area contributed by atoms with Crippen LogP contribution >= 0.6 is 11.3 Å². The molecule has 2 aromatic heterocycles. The largest absolute Gasteiger partial charge is 0.347 e. The molecule has 0 saturated heterocycles. The highest BCUT2D eigenvalue weighted by atomic mass is 32.1. The third-order valence-corrected chi connectivity index (χ3v) is 5.68. The number of nitrogens with one attached hydrogen (secondary N) is 2. The molecule has 0 aliphatic heterocycles. The lowest BCUT2D eigenvalue weighted by Crippen LogP contribution is -2.45. The van der Waals surface area contributed by atoms with Gasteiger partial charge in [-0.15, -0.1) is 11.3 Å². The number of aromatic nitrogens is 1. The van der Waals surface area contributed by atoms with Crippen LogP contribution in [-0.4, -0.2) is 23.3 Å². The highest BCUT2D eigenvalue weighted by Crippen LogP contribution is 2.41. The number of nitrogens with zero attached hydrogens (tertiary/aromatic N) is 1. The van der Waals surface area contributed by atoms with E-state index in [1.54, 1.807) is 29.7 Å². The molecule has 0 bridgehead atoms. The number of hydrogen-bond acceptors (Lipinski definition) is 4. The van der Waals surface area contributed by atoms with E-state index in [2.05, 4.69) is 27.1 Å². The maximum absolute atomic E-state index is 12.2. The molecule has 0 atom stereocenters. The Balaban J connectivity index is 1.62. The Morgan fingerprint density at radius 1 is 1.12 bits per heavy atom. The molecule has 0 radical (unpaired) electrons.